The second-order valence-electron chi connectivity index (χ2n) is 9.90. The van der Waals surface area contributed by atoms with Crippen molar-refractivity contribution < 1.29 is 26.8 Å². The van der Waals surface area contributed by atoms with Crippen LogP contribution in [0.3, 0.4) is 0 Å². The van der Waals surface area contributed by atoms with E-state index in [0.717, 1.165) is 28.3 Å². The highest BCUT2D eigenvalue weighted by Gasteiger charge is 2.31. The maximum absolute atomic E-state index is 14.7. The molecule has 2 amide bonds. The van der Waals surface area contributed by atoms with Crippen LogP contribution in [-0.2, 0) is 32.6 Å². The molecule has 0 aliphatic rings. The van der Waals surface area contributed by atoms with E-state index in [1.54, 1.807) is 18.2 Å². The maximum atomic E-state index is 14.7. The zero-order chi connectivity index (χ0) is 29.3. The quantitative estimate of drug-likeness (QED) is 0.323. The summed E-state index contributed by atoms with van der Waals surface area (Å²) in [7, 11) is -3.71. The summed E-state index contributed by atoms with van der Waals surface area (Å²) in [6.45, 7) is 3.46. The first-order valence-electron chi connectivity index (χ1n) is 13.1. The molecule has 3 aromatic carbocycles. The number of benzene rings is 3. The van der Waals surface area contributed by atoms with Crippen molar-refractivity contribution in [3.8, 4) is 0 Å². The van der Waals surface area contributed by atoms with Crippen molar-refractivity contribution in [1.29, 1.82) is 0 Å². The molecule has 0 saturated carbocycles. The van der Waals surface area contributed by atoms with Gasteiger partial charge in [-0.1, -0.05) is 48.5 Å². The van der Waals surface area contributed by atoms with Crippen molar-refractivity contribution in [2.24, 2.45) is 0 Å². The van der Waals surface area contributed by atoms with Crippen LogP contribution in [0.25, 0.3) is 0 Å². The summed E-state index contributed by atoms with van der Waals surface area (Å²) in [4.78, 5) is 28.5. The predicted molar refractivity (Wildman–Crippen MR) is 152 cm³/mol. The number of hydrogen-bond acceptors (Lipinski definition) is 4. The third-order valence-electron chi connectivity index (χ3n) is 6.27. The Labute approximate surface area is 234 Å². The van der Waals surface area contributed by atoms with Gasteiger partial charge in [-0.2, -0.15) is 0 Å². The molecule has 10 heteroatoms. The molecule has 0 aliphatic carbocycles. The summed E-state index contributed by atoms with van der Waals surface area (Å²) >= 11 is 0. The standard InChI is InChI=1S/C30H35F2N3O4S/c1-22(2)33-30(37)28(20-23-10-5-4-6-11-23)34(21-24-12-7-8-13-27(24)32)29(36)14-9-19-35(40(3,38)39)26-17-15-25(31)16-18-26/h4-8,10-13,15-18,22,28H,9,14,19-21H2,1-3H3,(H,33,37)/t28-/m0/s1. The molecule has 0 saturated heterocycles. The first-order valence-corrected chi connectivity index (χ1v) is 14.9. The van der Waals surface area contributed by atoms with Crippen molar-refractivity contribution in [2.45, 2.75) is 51.7 Å². The summed E-state index contributed by atoms with van der Waals surface area (Å²) < 4.78 is 54.1. The number of carbonyl (C=O) groups is 2. The van der Waals surface area contributed by atoms with Crippen molar-refractivity contribution in [1.82, 2.24) is 10.2 Å². The second kappa shape index (κ2) is 14.0. The summed E-state index contributed by atoms with van der Waals surface area (Å²) in [5.41, 5.74) is 1.37. The van der Waals surface area contributed by atoms with Crippen LogP contribution in [-0.4, -0.2) is 50.0 Å². The van der Waals surface area contributed by atoms with Crippen molar-refractivity contribution in [3.05, 3.63) is 102 Å². The summed E-state index contributed by atoms with van der Waals surface area (Å²) in [6, 6.07) is 19.2. The lowest BCUT2D eigenvalue weighted by molar-refractivity contribution is -0.141. The van der Waals surface area contributed by atoms with E-state index < -0.39 is 33.6 Å². The summed E-state index contributed by atoms with van der Waals surface area (Å²) in [5.74, 6) is -1.79. The van der Waals surface area contributed by atoms with Crippen molar-refractivity contribution >= 4 is 27.5 Å². The number of halogens is 2. The number of hydrogen-bond donors (Lipinski definition) is 1. The highest BCUT2D eigenvalue weighted by molar-refractivity contribution is 7.92. The van der Waals surface area contributed by atoms with Gasteiger partial charge in [0.2, 0.25) is 21.8 Å². The van der Waals surface area contributed by atoms with Crippen LogP contribution in [0, 0.1) is 11.6 Å². The maximum Gasteiger partial charge on any atom is 0.243 e. The van der Waals surface area contributed by atoms with Crippen LogP contribution in [0.15, 0.2) is 78.9 Å². The van der Waals surface area contributed by atoms with E-state index in [1.807, 2.05) is 44.2 Å². The molecular weight excluding hydrogens is 536 g/mol. The van der Waals surface area contributed by atoms with Crippen molar-refractivity contribution in [2.75, 3.05) is 17.1 Å². The normalized spacial score (nSPS) is 12.2. The number of carbonyl (C=O) groups excluding carboxylic acids is 2. The Hall–Kier alpha value is -3.79. The Morgan fingerprint density at radius 3 is 2.12 bits per heavy atom. The number of rotatable bonds is 13. The Morgan fingerprint density at radius 2 is 1.52 bits per heavy atom. The largest absolute Gasteiger partial charge is 0.352 e. The highest BCUT2D eigenvalue weighted by Crippen LogP contribution is 2.21. The zero-order valence-corrected chi connectivity index (χ0v) is 23.7. The Bertz CT molecular complexity index is 1380. The van der Waals surface area contributed by atoms with E-state index in [9.17, 15) is 26.8 Å². The zero-order valence-electron chi connectivity index (χ0n) is 22.9. The number of amides is 2. The Kier molecular flexibility index (Phi) is 10.8. The number of nitrogens with one attached hydrogen (secondary N) is 1. The first-order chi connectivity index (χ1) is 19.0. The van der Waals surface area contributed by atoms with E-state index in [2.05, 4.69) is 5.32 Å². The SMILES string of the molecule is CC(C)NC(=O)[C@H](Cc1ccccc1)N(Cc1ccccc1F)C(=O)CCCN(c1ccc(F)cc1)S(C)(=O)=O. The average molecular weight is 572 g/mol. The van der Waals surface area contributed by atoms with E-state index in [4.69, 9.17) is 0 Å². The van der Waals surface area contributed by atoms with Gasteiger partial charge in [0, 0.05) is 37.5 Å². The fourth-order valence-electron chi connectivity index (χ4n) is 4.36. The molecule has 40 heavy (non-hydrogen) atoms. The lowest BCUT2D eigenvalue weighted by Crippen LogP contribution is -2.52. The third kappa shape index (κ3) is 8.87. The highest BCUT2D eigenvalue weighted by atomic mass is 32.2. The first kappa shape index (κ1) is 30.7. The molecular formula is C30H35F2N3O4S. The molecule has 0 aliphatic heterocycles. The molecule has 1 atom stereocenters. The topological polar surface area (TPSA) is 86.8 Å². The van der Waals surface area contributed by atoms with Gasteiger partial charge in [-0.15, -0.1) is 0 Å². The van der Waals surface area contributed by atoms with E-state index >= 15 is 0 Å². The van der Waals surface area contributed by atoms with Gasteiger partial charge in [0.05, 0.1) is 11.9 Å². The number of nitrogens with zero attached hydrogens (tertiary/aromatic N) is 2. The van der Waals surface area contributed by atoms with Crippen LogP contribution >= 0.6 is 0 Å². The molecule has 214 valence electrons. The molecule has 0 bridgehead atoms. The minimum Gasteiger partial charge on any atom is -0.352 e. The van der Waals surface area contributed by atoms with Crippen LogP contribution in [0.2, 0.25) is 0 Å². The van der Waals surface area contributed by atoms with Gasteiger partial charge in [-0.3, -0.25) is 13.9 Å². The van der Waals surface area contributed by atoms with E-state index in [1.165, 1.54) is 23.1 Å². The van der Waals surface area contributed by atoms with Crippen molar-refractivity contribution in [3.63, 3.8) is 0 Å². The average Bonchev–Trinajstić information content (AvgIpc) is 2.89. The summed E-state index contributed by atoms with van der Waals surface area (Å²) in [6.07, 6.45) is 1.28. The minimum atomic E-state index is -3.71. The molecule has 3 aromatic rings. The molecule has 1 N–H and O–H groups in total. The fourth-order valence-corrected chi connectivity index (χ4v) is 5.32. The van der Waals surface area contributed by atoms with Crippen LogP contribution in [0.1, 0.15) is 37.8 Å². The van der Waals surface area contributed by atoms with Gasteiger partial charge in [-0.05, 0) is 56.2 Å². The monoisotopic (exact) mass is 571 g/mol. The number of anilines is 1. The molecule has 0 fully saturated rings. The van der Waals surface area contributed by atoms with Crippen LogP contribution in [0.5, 0.6) is 0 Å². The molecule has 0 aromatic heterocycles. The number of sulfonamides is 1. The molecule has 0 heterocycles. The molecule has 0 spiro atoms. The molecule has 3 rings (SSSR count). The van der Waals surface area contributed by atoms with Gasteiger partial charge < -0.3 is 10.2 Å². The second-order valence-corrected chi connectivity index (χ2v) is 11.8. The Morgan fingerprint density at radius 1 is 0.900 bits per heavy atom. The Balaban J connectivity index is 1.88. The van der Waals surface area contributed by atoms with Gasteiger partial charge >= 0.3 is 0 Å². The van der Waals surface area contributed by atoms with Gasteiger partial charge in [-0.25, -0.2) is 17.2 Å². The predicted octanol–water partition coefficient (Wildman–Crippen LogP) is 4.68. The molecule has 0 unspecified atom stereocenters. The van der Waals surface area contributed by atoms with Crippen LogP contribution in [0.4, 0.5) is 14.5 Å². The van der Waals surface area contributed by atoms with E-state index in [-0.39, 0.29) is 55.6 Å². The lowest BCUT2D eigenvalue weighted by Gasteiger charge is -2.32. The fraction of sp³-hybridized carbons (Fsp3) is 0.333. The third-order valence-corrected chi connectivity index (χ3v) is 7.46. The van der Waals surface area contributed by atoms with Gasteiger partial charge in [0.25, 0.3) is 0 Å². The van der Waals surface area contributed by atoms with E-state index in [0.29, 0.717) is 0 Å². The molecule has 7 nitrogen and oxygen atoms in total. The molecule has 0 radical (unpaired) electrons. The smallest absolute Gasteiger partial charge is 0.243 e. The minimum absolute atomic E-state index is 0.0364. The van der Waals surface area contributed by atoms with Crippen LogP contribution < -0.4 is 9.62 Å². The lowest BCUT2D eigenvalue weighted by atomic mass is 10.0. The van der Waals surface area contributed by atoms with Gasteiger partial charge in [0.15, 0.2) is 0 Å². The van der Waals surface area contributed by atoms with Gasteiger partial charge in [0.1, 0.15) is 17.7 Å². The summed E-state index contributed by atoms with van der Waals surface area (Å²) in [5, 5.41) is 2.87.